The molecule has 1 heterocycles. The van der Waals surface area contributed by atoms with E-state index in [0.29, 0.717) is 10.4 Å². The predicted octanol–water partition coefficient (Wildman–Crippen LogP) is 4.64. The summed E-state index contributed by atoms with van der Waals surface area (Å²) in [4.78, 5) is 12.7. The summed E-state index contributed by atoms with van der Waals surface area (Å²) in [6, 6.07) is 6.23. The summed E-state index contributed by atoms with van der Waals surface area (Å²) >= 11 is 7.70. The SMILES string of the molecule is O=C(c1cccc(F)c1Br)c1sccc1Br. The van der Waals surface area contributed by atoms with Crippen LogP contribution in [0.2, 0.25) is 0 Å². The summed E-state index contributed by atoms with van der Waals surface area (Å²) in [6.45, 7) is 0. The molecule has 0 aliphatic heterocycles. The molecule has 0 fully saturated rings. The number of thiophene rings is 1. The second kappa shape index (κ2) is 4.77. The molecule has 0 amide bonds. The van der Waals surface area contributed by atoms with Gasteiger partial charge in [0.05, 0.1) is 9.35 Å². The number of carbonyl (C=O) groups is 1. The largest absolute Gasteiger partial charge is 0.288 e. The van der Waals surface area contributed by atoms with E-state index < -0.39 is 5.82 Å². The number of halogens is 3. The lowest BCUT2D eigenvalue weighted by Crippen LogP contribution is -2.01. The molecule has 0 atom stereocenters. The van der Waals surface area contributed by atoms with Crippen LogP contribution in [-0.2, 0) is 0 Å². The molecule has 0 unspecified atom stereocenters. The van der Waals surface area contributed by atoms with Crippen molar-refractivity contribution in [3.63, 3.8) is 0 Å². The fraction of sp³-hybridized carbons (Fsp3) is 0. The topological polar surface area (TPSA) is 17.1 Å². The fourth-order valence-electron chi connectivity index (χ4n) is 1.26. The molecule has 1 aromatic heterocycles. The summed E-state index contributed by atoms with van der Waals surface area (Å²) in [5, 5.41) is 1.81. The molecule has 82 valence electrons. The Morgan fingerprint density at radius 2 is 2.00 bits per heavy atom. The predicted molar refractivity (Wildman–Crippen MR) is 69.6 cm³/mol. The molecule has 2 rings (SSSR count). The smallest absolute Gasteiger partial charge is 0.205 e. The van der Waals surface area contributed by atoms with Crippen molar-refractivity contribution in [3.8, 4) is 0 Å². The lowest BCUT2D eigenvalue weighted by molar-refractivity contribution is 0.104. The van der Waals surface area contributed by atoms with Crippen molar-refractivity contribution in [2.75, 3.05) is 0 Å². The fourth-order valence-corrected chi connectivity index (χ4v) is 3.21. The van der Waals surface area contributed by atoms with Gasteiger partial charge in [0.25, 0.3) is 0 Å². The number of benzene rings is 1. The molecule has 0 spiro atoms. The maximum atomic E-state index is 13.3. The highest BCUT2D eigenvalue weighted by Crippen LogP contribution is 2.29. The standard InChI is InChI=1S/C11H5Br2FOS/c12-7-4-5-16-11(7)10(15)6-2-1-3-8(14)9(6)13/h1-5H. The Hall–Kier alpha value is -0.520. The zero-order valence-corrected chi connectivity index (χ0v) is 11.8. The summed E-state index contributed by atoms with van der Waals surface area (Å²) < 4.78 is 14.2. The van der Waals surface area contributed by atoms with Gasteiger partial charge in [-0.05, 0) is 55.4 Å². The average molecular weight is 364 g/mol. The van der Waals surface area contributed by atoms with Gasteiger partial charge < -0.3 is 0 Å². The van der Waals surface area contributed by atoms with Gasteiger partial charge in [0.1, 0.15) is 5.82 Å². The van der Waals surface area contributed by atoms with Crippen LogP contribution >= 0.6 is 43.2 Å². The van der Waals surface area contributed by atoms with Crippen molar-refractivity contribution in [1.82, 2.24) is 0 Å². The third-order valence-electron chi connectivity index (χ3n) is 2.02. The Morgan fingerprint density at radius 1 is 1.25 bits per heavy atom. The lowest BCUT2D eigenvalue weighted by Gasteiger charge is -2.03. The van der Waals surface area contributed by atoms with Gasteiger partial charge in [-0.2, -0.15) is 0 Å². The van der Waals surface area contributed by atoms with E-state index in [1.807, 2.05) is 5.38 Å². The van der Waals surface area contributed by atoms with Crippen molar-refractivity contribution in [1.29, 1.82) is 0 Å². The minimum Gasteiger partial charge on any atom is -0.288 e. The molecule has 16 heavy (non-hydrogen) atoms. The third-order valence-corrected chi connectivity index (χ3v) is 4.66. The van der Waals surface area contributed by atoms with Gasteiger partial charge in [0.15, 0.2) is 0 Å². The first kappa shape index (κ1) is 12.0. The molecule has 2 aromatic rings. The van der Waals surface area contributed by atoms with Crippen LogP contribution in [0.4, 0.5) is 4.39 Å². The van der Waals surface area contributed by atoms with Crippen LogP contribution in [0.1, 0.15) is 15.2 Å². The molecule has 0 N–H and O–H groups in total. The number of rotatable bonds is 2. The summed E-state index contributed by atoms with van der Waals surface area (Å²) in [5.41, 5.74) is 0.336. The van der Waals surface area contributed by atoms with E-state index in [9.17, 15) is 9.18 Å². The molecule has 0 bridgehead atoms. The van der Waals surface area contributed by atoms with Crippen LogP contribution in [0, 0.1) is 5.82 Å². The van der Waals surface area contributed by atoms with E-state index in [-0.39, 0.29) is 10.3 Å². The van der Waals surface area contributed by atoms with Gasteiger partial charge in [-0.3, -0.25) is 4.79 Å². The first-order valence-corrected chi connectivity index (χ1v) is 6.79. The molecule has 1 nitrogen and oxygen atoms in total. The summed E-state index contributed by atoms with van der Waals surface area (Å²) in [6.07, 6.45) is 0. The Labute approximate surface area is 113 Å². The van der Waals surface area contributed by atoms with E-state index in [4.69, 9.17) is 0 Å². The monoisotopic (exact) mass is 362 g/mol. The second-order valence-electron chi connectivity index (χ2n) is 3.03. The Balaban J connectivity index is 2.50. The van der Waals surface area contributed by atoms with Gasteiger partial charge >= 0.3 is 0 Å². The minimum absolute atomic E-state index is 0.187. The van der Waals surface area contributed by atoms with Gasteiger partial charge in [0.2, 0.25) is 5.78 Å². The molecule has 0 radical (unpaired) electrons. The molecule has 0 aliphatic carbocycles. The number of hydrogen-bond acceptors (Lipinski definition) is 2. The molecular weight excluding hydrogens is 359 g/mol. The first-order chi connectivity index (χ1) is 7.61. The maximum Gasteiger partial charge on any atom is 0.205 e. The average Bonchev–Trinajstić information content (AvgIpc) is 2.68. The van der Waals surface area contributed by atoms with Crippen LogP contribution < -0.4 is 0 Å². The third kappa shape index (κ3) is 2.12. The normalized spacial score (nSPS) is 10.4. The first-order valence-electron chi connectivity index (χ1n) is 4.33. The number of ketones is 1. The molecule has 1 aromatic carbocycles. The Kier molecular flexibility index (Phi) is 3.56. The zero-order valence-electron chi connectivity index (χ0n) is 7.84. The quantitative estimate of drug-likeness (QED) is 0.710. The second-order valence-corrected chi connectivity index (χ2v) is 5.59. The van der Waals surface area contributed by atoms with Crippen molar-refractivity contribution in [2.45, 2.75) is 0 Å². The van der Waals surface area contributed by atoms with E-state index >= 15 is 0 Å². The summed E-state index contributed by atoms with van der Waals surface area (Å²) in [5.74, 6) is -0.619. The van der Waals surface area contributed by atoms with Crippen LogP contribution in [0.25, 0.3) is 0 Å². The minimum atomic E-state index is -0.432. The van der Waals surface area contributed by atoms with Gasteiger partial charge in [-0.25, -0.2) is 4.39 Å². The van der Waals surface area contributed by atoms with Crippen molar-refractivity contribution >= 4 is 49.0 Å². The van der Waals surface area contributed by atoms with E-state index in [1.54, 1.807) is 12.1 Å². The van der Waals surface area contributed by atoms with E-state index in [0.717, 1.165) is 4.47 Å². The highest BCUT2D eigenvalue weighted by molar-refractivity contribution is 9.11. The van der Waals surface area contributed by atoms with Gasteiger partial charge in [0, 0.05) is 10.0 Å². The highest BCUT2D eigenvalue weighted by Gasteiger charge is 2.18. The summed E-state index contributed by atoms with van der Waals surface area (Å²) in [7, 11) is 0. The number of hydrogen-bond donors (Lipinski definition) is 0. The van der Waals surface area contributed by atoms with E-state index in [1.165, 1.54) is 23.5 Å². The Bertz CT molecular complexity index is 551. The van der Waals surface area contributed by atoms with Crippen LogP contribution in [0.15, 0.2) is 38.6 Å². The molecule has 0 saturated carbocycles. The highest BCUT2D eigenvalue weighted by atomic mass is 79.9. The van der Waals surface area contributed by atoms with Crippen molar-refractivity contribution < 1.29 is 9.18 Å². The molecular formula is C11H5Br2FOS. The molecule has 0 aliphatic rings. The van der Waals surface area contributed by atoms with Crippen molar-refractivity contribution in [3.05, 3.63) is 54.8 Å². The van der Waals surface area contributed by atoms with Crippen LogP contribution in [-0.4, -0.2) is 5.78 Å². The molecule has 5 heteroatoms. The van der Waals surface area contributed by atoms with Crippen LogP contribution in [0.5, 0.6) is 0 Å². The lowest BCUT2D eigenvalue weighted by atomic mass is 10.1. The Morgan fingerprint density at radius 3 is 2.62 bits per heavy atom. The van der Waals surface area contributed by atoms with Gasteiger partial charge in [-0.1, -0.05) is 6.07 Å². The van der Waals surface area contributed by atoms with Crippen LogP contribution in [0.3, 0.4) is 0 Å². The van der Waals surface area contributed by atoms with E-state index in [2.05, 4.69) is 31.9 Å². The zero-order chi connectivity index (χ0) is 11.7. The van der Waals surface area contributed by atoms with Crippen molar-refractivity contribution in [2.24, 2.45) is 0 Å². The maximum absolute atomic E-state index is 13.3. The number of carbonyl (C=O) groups excluding carboxylic acids is 1. The van der Waals surface area contributed by atoms with Gasteiger partial charge in [-0.15, -0.1) is 11.3 Å². The molecule has 0 saturated heterocycles.